The van der Waals surface area contributed by atoms with Crippen molar-refractivity contribution in [2.24, 2.45) is 5.73 Å². The van der Waals surface area contributed by atoms with Gasteiger partial charge in [0.1, 0.15) is 0 Å². The van der Waals surface area contributed by atoms with E-state index in [1.54, 1.807) is 0 Å². The predicted molar refractivity (Wildman–Crippen MR) is 85.7 cm³/mol. The van der Waals surface area contributed by atoms with E-state index in [0.717, 1.165) is 13.1 Å². The molecule has 0 atom stereocenters. The molecule has 0 bridgehead atoms. The Hall–Kier alpha value is -0.900. The fourth-order valence-corrected chi connectivity index (χ4v) is 2.90. The standard InChI is InChI=1S/C17H29N3/c18-10-5-2-6-11-19-12-7-13-20(15-14-19)16-17-8-3-1-4-9-17/h1,3-4,8-9H,2,5-7,10-16,18H2. The van der Waals surface area contributed by atoms with Gasteiger partial charge in [0.2, 0.25) is 0 Å². The molecule has 1 saturated heterocycles. The van der Waals surface area contributed by atoms with Gasteiger partial charge in [-0.2, -0.15) is 0 Å². The lowest BCUT2D eigenvalue weighted by molar-refractivity contribution is 0.248. The molecule has 0 amide bonds. The molecule has 0 unspecified atom stereocenters. The summed E-state index contributed by atoms with van der Waals surface area (Å²) in [5, 5.41) is 0. The summed E-state index contributed by atoms with van der Waals surface area (Å²) in [6, 6.07) is 10.8. The highest BCUT2D eigenvalue weighted by Crippen LogP contribution is 2.09. The Kier molecular flexibility index (Phi) is 7.06. The van der Waals surface area contributed by atoms with Crippen LogP contribution in [0.2, 0.25) is 0 Å². The third-order valence-corrected chi connectivity index (χ3v) is 4.11. The average molecular weight is 275 g/mol. The van der Waals surface area contributed by atoms with Gasteiger partial charge in [0.05, 0.1) is 0 Å². The summed E-state index contributed by atoms with van der Waals surface area (Å²) in [6.07, 6.45) is 5.05. The van der Waals surface area contributed by atoms with Gasteiger partial charge >= 0.3 is 0 Å². The van der Waals surface area contributed by atoms with Crippen LogP contribution >= 0.6 is 0 Å². The lowest BCUT2D eigenvalue weighted by atomic mass is 10.2. The zero-order valence-electron chi connectivity index (χ0n) is 12.6. The maximum Gasteiger partial charge on any atom is 0.0234 e. The molecule has 1 aromatic rings. The van der Waals surface area contributed by atoms with E-state index < -0.39 is 0 Å². The number of nitrogens with zero attached hydrogens (tertiary/aromatic N) is 2. The summed E-state index contributed by atoms with van der Waals surface area (Å²) in [4.78, 5) is 5.22. The summed E-state index contributed by atoms with van der Waals surface area (Å²) in [5.74, 6) is 0. The lowest BCUT2D eigenvalue weighted by Gasteiger charge is -2.21. The van der Waals surface area contributed by atoms with Crippen molar-refractivity contribution in [2.75, 3.05) is 39.3 Å². The molecular weight excluding hydrogens is 246 g/mol. The lowest BCUT2D eigenvalue weighted by Crippen LogP contribution is -2.31. The minimum atomic E-state index is 0.838. The number of rotatable bonds is 7. The van der Waals surface area contributed by atoms with E-state index in [1.165, 1.54) is 64.0 Å². The first-order chi connectivity index (χ1) is 9.88. The number of hydrogen-bond acceptors (Lipinski definition) is 3. The molecule has 1 aromatic carbocycles. The van der Waals surface area contributed by atoms with Gasteiger partial charge in [-0.05, 0) is 51.0 Å². The zero-order valence-corrected chi connectivity index (χ0v) is 12.6. The average Bonchev–Trinajstić information content (AvgIpc) is 2.70. The van der Waals surface area contributed by atoms with Gasteiger partial charge in [0.25, 0.3) is 0 Å². The van der Waals surface area contributed by atoms with Crippen molar-refractivity contribution >= 4 is 0 Å². The largest absolute Gasteiger partial charge is 0.330 e. The van der Waals surface area contributed by atoms with Crippen molar-refractivity contribution in [2.45, 2.75) is 32.2 Å². The molecule has 1 aliphatic heterocycles. The van der Waals surface area contributed by atoms with Gasteiger partial charge in [0, 0.05) is 19.6 Å². The van der Waals surface area contributed by atoms with Crippen molar-refractivity contribution in [1.82, 2.24) is 9.80 Å². The molecule has 3 heteroatoms. The van der Waals surface area contributed by atoms with Crippen molar-refractivity contribution < 1.29 is 0 Å². The number of benzene rings is 1. The van der Waals surface area contributed by atoms with Crippen LogP contribution < -0.4 is 5.73 Å². The predicted octanol–water partition coefficient (Wildman–Crippen LogP) is 2.32. The van der Waals surface area contributed by atoms with E-state index >= 15 is 0 Å². The minimum absolute atomic E-state index is 0.838. The molecule has 1 heterocycles. The van der Waals surface area contributed by atoms with Gasteiger partial charge in [-0.25, -0.2) is 0 Å². The van der Waals surface area contributed by atoms with Crippen molar-refractivity contribution in [3.63, 3.8) is 0 Å². The quantitative estimate of drug-likeness (QED) is 0.775. The molecule has 3 nitrogen and oxygen atoms in total. The second kappa shape index (κ2) is 9.11. The molecule has 2 N–H and O–H groups in total. The van der Waals surface area contributed by atoms with Crippen molar-refractivity contribution in [1.29, 1.82) is 0 Å². The molecule has 20 heavy (non-hydrogen) atoms. The number of unbranched alkanes of at least 4 members (excludes halogenated alkanes) is 2. The van der Waals surface area contributed by atoms with Crippen LogP contribution in [0.1, 0.15) is 31.2 Å². The highest BCUT2D eigenvalue weighted by atomic mass is 15.2. The molecule has 0 saturated carbocycles. The third-order valence-electron chi connectivity index (χ3n) is 4.11. The molecule has 1 aliphatic rings. The Morgan fingerprint density at radius 3 is 2.40 bits per heavy atom. The molecule has 112 valence electrons. The monoisotopic (exact) mass is 275 g/mol. The first kappa shape index (κ1) is 15.5. The topological polar surface area (TPSA) is 32.5 Å². The highest BCUT2D eigenvalue weighted by molar-refractivity contribution is 5.14. The fraction of sp³-hybridized carbons (Fsp3) is 0.647. The van der Waals surface area contributed by atoms with Crippen LogP contribution in [-0.2, 0) is 6.54 Å². The van der Waals surface area contributed by atoms with E-state index in [2.05, 4.69) is 40.1 Å². The van der Waals surface area contributed by atoms with E-state index in [9.17, 15) is 0 Å². The summed E-state index contributed by atoms with van der Waals surface area (Å²) in [5.41, 5.74) is 6.98. The highest BCUT2D eigenvalue weighted by Gasteiger charge is 2.14. The minimum Gasteiger partial charge on any atom is -0.330 e. The van der Waals surface area contributed by atoms with Gasteiger partial charge < -0.3 is 10.6 Å². The maximum absolute atomic E-state index is 5.54. The molecule has 0 radical (unpaired) electrons. The van der Waals surface area contributed by atoms with Crippen LogP contribution in [0.3, 0.4) is 0 Å². The van der Waals surface area contributed by atoms with E-state index in [-0.39, 0.29) is 0 Å². The molecule has 0 aliphatic carbocycles. The Morgan fingerprint density at radius 1 is 0.850 bits per heavy atom. The zero-order chi connectivity index (χ0) is 14.0. The Balaban J connectivity index is 1.69. The number of hydrogen-bond donors (Lipinski definition) is 1. The SMILES string of the molecule is NCCCCCN1CCCN(Cc2ccccc2)CC1. The second-order valence-corrected chi connectivity index (χ2v) is 5.81. The smallest absolute Gasteiger partial charge is 0.0234 e. The van der Waals surface area contributed by atoms with Crippen LogP contribution in [0.5, 0.6) is 0 Å². The van der Waals surface area contributed by atoms with E-state index in [4.69, 9.17) is 5.73 Å². The first-order valence-corrected chi connectivity index (χ1v) is 8.07. The number of nitrogens with two attached hydrogens (primary N) is 1. The summed E-state index contributed by atoms with van der Waals surface area (Å²) in [7, 11) is 0. The normalized spacial score (nSPS) is 18.1. The molecule has 2 rings (SSSR count). The first-order valence-electron chi connectivity index (χ1n) is 8.07. The summed E-state index contributed by atoms with van der Waals surface area (Å²) in [6.45, 7) is 8.09. The summed E-state index contributed by atoms with van der Waals surface area (Å²) < 4.78 is 0. The van der Waals surface area contributed by atoms with Crippen molar-refractivity contribution in [3.05, 3.63) is 35.9 Å². The Bertz CT molecular complexity index is 353. The van der Waals surface area contributed by atoms with Crippen LogP contribution in [0, 0.1) is 0 Å². The van der Waals surface area contributed by atoms with Gasteiger partial charge in [-0.3, -0.25) is 4.90 Å². The molecular formula is C17H29N3. The third kappa shape index (κ3) is 5.61. The van der Waals surface area contributed by atoms with Crippen LogP contribution in [0.25, 0.3) is 0 Å². The van der Waals surface area contributed by atoms with Crippen LogP contribution in [-0.4, -0.2) is 49.1 Å². The summed E-state index contributed by atoms with van der Waals surface area (Å²) >= 11 is 0. The van der Waals surface area contributed by atoms with Gasteiger partial charge in [-0.1, -0.05) is 36.8 Å². The van der Waals surface area contributed by atoms with Gasteiger partial charge in [-0.15, -0.1) is 0 Å². The van der Waals surface area contributed by atoms with Crippen LogP contribution in [0.4, 0.5) is 0 Å². The molecule has 0 aromatic heterocycles. The second-order valence-electron chi connectivity index (χ2n) is 5.81. The van der Waals surface area contributed by atoms with Gasteiger partial charge in [0.15, 0.2) is 0 Å². The fourth-order valence-electron chi connectivity index (χ4n) is 2.90. The van der Waals surface area contributed by atoms with Crippen LogP contribution in [0.15, 0.2) is 30.3 Å². The van der Waals surface area contributed by atoms with Crippen molar-refractivity contribution in [3.8, 4) is 0 Å². The maximum atomic E-state index is 5.54. The molecule has 1 fully saturated rings. The Morgan fingerprint density at radius 2 is 1.60 bits per heavy atom. The Labute approximate surface area is 123 Å². The molecule has 0 spiro atoms. The van der Waals surface area contributed by atoms with E-state index in [0.29, 0.717) is 0 Å². The van der Waals surface area contributed by atoms with E-state index in [1.807, 2.05) is 0 Å².